The van der Waals surface area contributed by atoms with Crippen molar-refractivity contribution in [2.75, 3.05) is 0 Å². The second kappa shape index (κ2) is 5.62. The minimum absolute atomic E-state index is 0.200. The van der Waals surface area contributed by atoms with Crippen molar-refractivity contribution < 1.29 is 14.9 Å². The third-order valence-electron chi connectivity index (χ3n) is 3.21. The number of ether oxygens (including phenoxy) is 1. The van der Waals surface area contributed by atoms with Crippen LogP contribution in [-0.4, -0.2) is 46.1 Å². The van der Waals surface area contributed by atoms with Crippen molar-refractivity contribution >= 4 is 8.07 Å². The molecule has 0 aromatic carbocycles. The van der Waals surface area contributed by atoms with Gasteiger partial charge < -0.3 is 14.9 Å². The average Bonchev–Trinajstić information content (AvgIpc) is 2.91. The Morgan fingerprint density at radius 1 is 1.33 bits per heavy atom. The van der Waals surface area contributed by atoms with Crippen LogP contribution in [0.3, 0.4) is 0 Å². The summed E-state index contributed by atoms with van der Waals surface area (Å²) in [4.78, 5) is 4.01. The van der Waals surface area contributed by atoms with Crippen LogP contribution < -0.4 is 0 Å². The van der Waals surface area contributed by atoms with Crippen LogP contribution in [0.5, 0.6) is 0 Å². The van der Waals surface area contributed by atoms with E-state index in [2.05, 4.69) is 36.1 Å². The van der Waals surface area contributed by atoms with Crippen molar-refractivity contribution in [1.82, 2.24) is 9.55 Å². The Balaban J connectivity index is 2.44. The molecule has 2 rings (SSSR count). The maximum Gasteiger partial charge on any atom is 0.174 e. The first-order chi connectivity index (χ1) is 9.74. The monoisotopic (exact) mass is 305 g/mol. The number of aromatic nitrogens is 2. The molecule has 6 nitrogen and oxygen atoms in total. The first-order valence-corrected chi connectivity index (χ1v) is 10.3. The quantitative estimate of drug-likeness (QED) is 0.586. The number of nitrogens with zero attached hydrogens (tertiary/aromatic N) is 3. The number of aliphatic hydroxyl groups excluding tert-OH is 2. The van der Waals surface area contributed by atoms with Gasteiger partial charge in [0.1, 0.15) is 32.0 Å². The highest BCUT2D eigenvalue weighted by Gasteiger charge is 2.42. The molecule has 1 aliphatic rings. The van der Waals surface area contributed by atoms with Crippen LogP contribution in [0, 0.1) is 22.8 Å². The van der Waals surface area contributed by atoms with Gasteiger partial charge in [-0.1, -0.05) is 25.6 Å². The summed E-state index contributed by atoms with van der Waals surface area (Å²) in [5, 5.41) is 29.0. The van der Waals surface area contributed by atoms with Crippen LogP contribution in [0.4, 0.5) is 0 Å². The first kappa shape index (κ1) is 15.7. The zero-order chi connectivity index (χ0) is 15.8. The summed E-state index contributed by atoms with van der Waals surface area (Å²) in [5.74, 6) is 3.00. The summed E-state index contributed by atoms with van der Waals surface area (Å²) in [6.45, 7) is 7.97. The van der Waals surface area contributed by atoms with E-state index >= 15 is 0 Å². The van der Waals surface area contributed by atoms with E-state index in [0.29, 0.717) is 5.69 Å². The van der Waals surface area contributed by atoms with Gasteiger partial charge in [0.25, 0.3) is 0 Å². The normalized spacial score (nSPS) is 28.8. The minimum Gasteiger partial charge on any atom is -0.388 e. The lowest BCUT2D eigenvalue weighted by Crippen LogP contribution is -2.30. The van der Waals surface area contributed by atoms with Gasteiger partial charge in [-0.15, -0.1) is 5.54 Å². The molecule has 0 amide bonds. The molecule has 1 aromatic rings. The molecule has 1 aromatic heterocycles. The van der Waals surface area contributed by atoms with Crippen molar-refractivity contribution in [1.29, 1.82) is 5.26 Å². The molecule has 2 heterocycles. The first-order valence-electron chi connectivity index (χ1n) is 6.76. The standard InChI is InChI=1S/C14H19N3O3Si/c1-9-12(18)13(19)14(20-9)17-8-16-10(7-15)11(17)5-6-21(2,3)4/h8-9,12-14,18-19H,1-4H3/t9-,12-,13-,14-/m1/s1. The molecule has 4 atom stereocenters. The van der Waals surface area contributed by atoms with E-state index in [1.54, 1.807) is 6.92 Å². The number of imidazole rings is 1. The van der Waals surface area contributed by atoms with Crippen molar-refractivity contribution in [3.8, 4) is 17.5 Å². The van der Waals surface area contributed by atoms with Gasteiger partial charge in [-0.3, -0.25) is 4.57 Å². The predicted octanol–water partition coefficient (Wildman–Crippen LogP) is 0.623. The Morgan fingerprint density at radius 2 is 2.00 bits per heavy atom. The average molecular weight is 305 g/mol. The third kappa shape index (κ3) is 3.17. The number of hydrogen-bond donors (Lipinski definition) is 2. The predicted molar refractivity (Wildman–Crippen MR) is 78.8 cm³/mol. The largest absolute Gasteiger partial charge is 0.388 e. The fourth-order valence-corrected chi connectivity index (χ4v) is 2.56. The van der Waals surface area contributed by atoms with E-state index in [9.17, 15) is 10.2 Å². The molecule has 21 heavy (non-hydrogen) atoms. The highest BCUT2D eigenvalue weighted by Crippen LogP contribution is 2.30. The molecule has 0 bridgehead atoms. The number of rotatable bonds is 1. The van der Waals surface area contributed by atoms with Crippen LogP contribution in [0.25, 0.3) is 0 Å². The minimum atomic E-state index is -1.62. The van der Waals surface area contributed by atoms with E-state index in [-0.39, 0.29) is 5.69 Å². The lowest BCUT2D eigenvalue weighted by Gasteiger charge is -2.17. The topological polar surface area (TPSA) is 91.3 Å². The fraction of sp³-hybridized carbons (Fsp3) is 0.571. The summed E-state index contributed by atoms with van der Waals surface area (Å²) >= 11 is 0. The Morgan fingerprint density at radius 3 is 2.48 bits per heavy atom. The van der Waals surface area contributed by atoms with Gasteiger partial charge in [0.15, 0.2) is 11.9 Å². The molecule has 112 valence electrons. The SMILES string of the molecule is C[C@H]1O[C@@H](n2cnc(C#N)c2C#C[Si](C)(C)C)[C@H](O)[C@@H]1O. The third-order valence-corrected chi connectivity index (χ3v) is 4.08. The molecular weight excluding hydrogens is 286 g/mol. The van der Waals surface area contributed by atoms with Crippen LogP contribution in [0.2, 0.25) is 19.6 Å². The lowest BCUT2D eigenvalue weighted by molar-refractivity contribution is -0.0326. The lowest BCUT2D eigenvalue weighted by atomic mass is 10.1. The molecular formula is C14H19N3O3Si. The zero-order valence-electron chi connectivity index (χ0n) is 12.5. The van der Waals surface area contributed by atoms with Crippen LogP contribution in [-0.2, 0) is 4.74 Å². The number of aliphatic hydroxyl groups is 2. The van der Waals surface area contributed by atoms with Gasteiger partial charge in [-0.25, -0.2) is 4.98 Å². The maximum absolute atomic E-state index is 10.1. The van der Waals surface area contributed by atoms with Gasteiger partial charge in [-0.05, 0) is 6.92 Å². The second-order valence-electron chi connectivity index (χ2n) is 6.17. The molecule has 2 N–H and O–H groups in total. The number of nitriles is 1. The van der Waals surface area contributed by atoms with Gasteiger partial charge in [0.05, 0.1) is 12.4 Å². The van der Waals surface area contributed by atoms with E-state index < -0.39 is 32.6 Å². The van der Waals surface area contributed by atoms with Crippen LogP contribution in [0.1, 0.15) is 24.5 Å². The zero-order valence-corrected chi connectivity index (χ0v) is 13.5. The van der Waals surface area contributed by atoms with Crippen molar-refractivity contribution in [3.05, 3.63) is 17.7 Å². The smallest absolute Gasteiger partial charge is 0.174 e. The second-order valence-corrected chi connectivity index (χ2v) is 10.9. The molecule has 0 unspecified atom stereocenters. The van der Waals surface area contributed by atoms with Crippen molar-refractivity contribution in [3.63, 3.8) is 0 Å². The van der Waals surface area contributed by atoms with Gasteiger partial charge in [-0.2, -0.15) is 5.26 Å². The summed E-state index contributed by atoms with van der Waals surface area (Å²) in [6.07, 6.45) is -1.90. The van der Waals surface area contributed by atoms with Crippen molar-refractivity contribution in [2.24, 2.45) is 0 Å². The highest BCUT2D eigenvalue weighted by molar-refractivity contribution is 6.83. The molecule has 1 aliphatic heterocycles. The summed E-state index contributed by atoms with van der Waals surface area (Å²) in [6, 6.07) is 1.99. The molecule has 0 aliphatic carbocycles. The molecule has 1 saturated heterocycles. The summed E-state index contributed by atoms with van der Waals surface area (Å²) in [5.41, 5.74) is 3.80. The van der Waals surface area contributed by atoms with Crippen LogP contribution >= 0.6 is 0 Å². The van der Waals surface area contributed by atoms with Gasteiger partial charge in [0, 0.05) is 0 Å². The summed E-state index contributed by atoms with van der Waals surface area (Å²) < 4.78 is 7.09. The summed E-state index contributed by atoms with van der Waals surface area (Å²) in [7, 11) is -1.62. The van der Waals surface area contributed by atoms with Gasteiger partial charge >= 0.3 is 0 Å². The Labute approximate surface area is 125 Å². The van der Waals surface area contributed by atoms with E-state index in [1.807, 2.05) is 6.07 Å². The molecule has 0 spiro atoms. The molecule has 0 saturated carbocycles. The molecule has 7 heteroatoms. The van der Waals surface area contributed by atoms with Crippen LogP contribution in [0.15, 0.2) is 6.33 Å². The Kier molecular flexibility index (Phi) is 4.22. The molecule has 0 radical (unpaired) electrons. The van der Waals surface area contributed by atoms with Gasteiger partial charge in [0.2, 0.25) is 0 Å². The number of hydrogen-bond acceptors (Lipinski definition) is 5. The Bertz CT molecular complexity index is 633. The molecule has 1 fully saturated rings. The highest BCUT2D eigenvalue weighted by atomic mass is 28.3. The Hall–Kier alpha value is -1.64. The van der Waals surface area contributed by atoms with E-state index in [4.69, 9.17) is 10.00 Å². The van der Waals surface area contributed by atoms with Crippen molar-refractivity contribution in [2.45, 2.75) is 51.1 Å². The van der Waals surface area contributed by atoms with E-state index in [1.165, 1.54) is 10.9 Å². The maximum atomic E-state index is 10.1. The van der Waals surface area contributed by atoms with E-state index in [0.717, 1.165) is 0 Å². The fourth-order valence-electron chi connectivity index (χ4n) is 2.06.